The first kappa shape index (κ1) is 35.1. The summed E-state index contributed by atoms with van der Waals surface area (Å²) in [5.41, 5.74) is 4.96. The Kier molecular flexibility index (Phi) is 12.4. The van der Waals surface area contributed by atoms with Crippen molar-refractivity contribution < 1.29 is 42.9 Å². The van der Waals surface area contributed by atoms with Gasteiger partial charge >= 0.3 is 6.09 Å². The lowest BCUT2D eigenvalue weighted by Crippen LogP contribution is -2.57. The molecule has 0 radical (unpaired) electrons. The van der Waals surface area contributed by atoms with Crippen LogP contribution in [-0.2, 0) is 39.8 Å². The van der Waals surface area contributed by atoms with E-state index in [1.807, 2.05) is 4.90 Å². The first-order chi connectivity index (χ1) is 22.0. The number of nitrogens with one attached hydrogen (secondary N) is 3. The molecule has 0 aromatic heterocycles. The van der Waals surface area contributed by atoms with Gasteiger partial charge in [-0.1, -0.05) is 12.1 Å². The van der Waals surface area contributed by atoms with Crippen molar-refractivity contribution in [3.63, 3.8) is 0 Å². The summed E-state index contributed by atoms with van der Waals surface area (Å²) in [6.45, 7) is 6.02. The van der Waals surface area contributed by atoms with Crippen LogP contribution in [0.3, 0.4) is 0 Å². The summed E-state index contributed by atoms with van der Waals surface area (Å²) in [5.74, 6) is -0.846. The Labute approximate surface area is 269 Å². The number of ether oxygens (including phenoxy) is 4. The number of Topliss-reactive ketones (excluding diaryl/α,β-unsaturated/α-hetero) is 1. The molecule has 2 saturated heterocycles. The van der Waals surface area contributed by atoms with Crippen molar-refractivity contribution >= 4 is 29.6 Å². The van der Waals surface area contributed by atoms with Crippen LogP contribution in [0.4, 0.5) is 4.79 Å². The van der Waals surface area contributed by atoms with Gasteiger partial charge in [0.1, 0.15) is 29.5 Å². The molecule has 1 aromatic carbocycles. The summed E-state index contributed by atoms with van der Waals surface area (Å²) in [5, 5.41) is 8.43. The maximum atomic E-state index is 13.9. The van der Waals surface area contributed by atoms with Crippen LogP contribution in [0.25, 0.3) is 0 Å². The Morgan fingerprint density at radius 3 is 2.20 bits per heavy atom. The lowest BCUT2D eigenvalue weighted by molar-refractivity contribution is -0.134. The number of carbonyl (C=O) groups excluding carboxylic acids is 5. The van der Waals surface area contributed by atoms with Gasteiger partial charge in [-0.3, -0.25) is 24.1 Å². The number of carbonyl (C=O) groups is 5. The van der Waals surface area contributed by atoms with E-state index in [0.29, 0.717) is 64.2 Å². The maximum Gasteiger partial charge on any atom is 0.404 e. The Hall–Kier alpha value is -3.75. The molecule has 14 nitrogen and oxygen atoms in total. The van der Waals surface area contributed by atoms with Crippen molar-refractivity contribution in [2.75, 3.05) is 46.6 Å². The zero-order valence-corrected chi connectivity index (χ0v) is 26.9. The van der Waals surface area contributed by atoms with E-state index in [1.54, 1.807) is 45.2 Å². The summed E-state index contributed by atoms with van der Waals surface area (Å²) < 4.78 is 21.1. The minimum absolute atomic E-state index is 0.0978. The van der Waals surface area contributed by atoms with Gasteiger partial charge < -0.3 is 40.6 Å². The molecule has 0 bridgehead atoms. The molecule has 1 aliphatic carbocycles. The van der Waals surface area contributed by atoms with Crippen molar-refractivity contribution in [2.45, 2.75) is 82.2 Å². The highest BCUT2D eigenvalue weighted by atomic mass is 16.6. The van der Waals surface area contributed by atoms with Gasteiger partial charge in [0.25, 0.3) is 0 Å². The predicted octanol–water partition coefficient (Wildman–Crippen LogP) is 0.446. The average Bonchev–Trinajstić information content (AvgIpc) is 3.79. The molecule has 3 fully saturated rings. The molecule has 2 heterocycles. The van der Waals surface area contributed by atoms with Crippen LogP contribution < -0.4 is 26.4 Å². The second-order valence-corrected chi connectivity index (χ2v) is 12.6. The van der Waals surface area contributed by atoms with Crippen molar-refractivity contribution in [2.24, 2.45) is 11.7 Å². The Morgan fingerprint density at radius 1 is 0.978 bits per heavy atom. The van der Waals surface area contributed by atoms with Crippen molar-refractivity contribution in [3.8, 4) is 5.75 Å². The molecule has 4 rings (SSSR count). The molecule has 14 heteroatoms. The van der Waals surface area contributed by atoms with Gasteiger partial charge in [-0.25, -0.2) is 4.79 Å². The third-order valence-corrected chi connectivity index (χ3v) is 8.85. The van der Waals surface area contributed by atoms with Crippen LogP contribution >= 0.6 is 0 Å². The Bertz CT molecular complexity index is 1220. The second kappa shape index (κ2) is 16.2. The number of benzene rings is 1. The molecule has 5 N–H and O–H groups in total. The van der Waals surface area contributed by atoms with Crippen LogP contribution in [0.5, 0.6) is 5.75 Å². The summed E-state index contributed by atoms with van der Waals surface area (Å²) >= 11 is 0. The summed E-state index contributed by atoms with van der Waals surface area (Å²) in [7, 11) is 1.55. The van der Waals surface area contributed by atoms with Gasteiger partial charge in [-0.15, -0.1) is 0 Å². The Balaban J connectivity index is 1.43. The number of nitrogens with zero attached hydrogens (tertiary/aromatic N) is 1. The van der Waals surface area contributed by atoms with Gasteiger partial charge in [-0.2, -0.15) is 0 Å². The molecule has 4 unspecified atom stereocenters. The number of ketones is 1. The predicted molar refractivity (Wildman–Crippen MR) is 166 cm³/mol. The molecule has 4 atom stereocenters. The molecular formula is C32H47N5O9. The number of hydrogen-bond acceptors (Lipinski definition) is 10. The highest BCUT2D eigenvalue weighted by Crippen LogP contribution is 2.33. The number of methoxy groups -OCH3 is 1. The largest absolute Gasteiger partial charge is 0.497 e. The zero-order chi connectivity index (χ0) is 33.3. The van der Waals surface area contributed by atoms with Gasteiger partial charge in [0.05, 0.1) is 39.5 Å². The third-order valence-electron chi connectivity index (χ3n) is 8.85. The third kappa shape index (κ3) is 10.4. The van der Waals surface area contributed by atoms with Crippen molar-refractivity contribution in [3.05, 3.63) is 29.8 Å². The summed E-state index contributed by atoms with van der Waals surface area (Å²) in [4.78, 5) is 66.4. The van der Waals surface area contributed by atoms with E-state index >= 15 is 0 Å². The maximum absolute atomic E-state index is 13.9. The minimum atomic E-state index is -1.04. The fourth-order valence-electron chi connectivity index (χ4n) is 5.92. The van der Waals surface area contributed by atoms with Crippen LogP contribution in [0, 0.1) is 5.92 Å². The topological polar surface area (TPSA) is 191 Å². The number of amides is 4. The van der Waals surface area contributed by atoms with Crippen LogP contribution in [0.15, 0.2) is 24.3 Å². The molecule has 254 valence electrons. The standard InChI is InChI=1S/C32H47N5O9/c1-20(34-27(38)18-37-12-14-44-15-13-37)29(40)36-26(17-22-4-8-23(43-3)9-5-22)30(41)35-25(28(39)32(2)19-45-32)16-21-6-10-24(11-7-21)46-31(33)42/h4-5,8-9,20-21,24-26H,6-7,10-19H2,1-3H3,(H2,33,42)(H,34,38)(H,35,41)(H,36,40). The second-order valence-electron chi connectivity index (χ2n) is 12.6. The van der Waals surface area contributed by atoms with E-state index in [2.05, 4.69) is 16.0 Å². The quantitative estimate of drug-likeness (QED) is 0.195. The number of primary amides is 1. The smallest absolute Gasteiger partial charge is 0.404 e. The first-order valence-electron chi connectivity index (χ1n) is 15.9. The van der Waals surface area contributed by atoms with E-state index in [0.717, 1.165) is 5.56 Å². The van der Waals surface area contributed by atoms with Gasteiger partial charge in [-0.05, 0) is 69.6 Å². The van der Waals surface area contributed by atoms with Crippen LogP contribution in [0.2, 0.25) is 0 Å². The van der Waals surface area contributed by atoms with Gasteiger partial charge in [0, 0.05) is 19.5 Å². The van der Waals surface area contributed by atoms with Gasteiger partial charge in [0.2, 0.25) is 17.7 Å². The SMILES string of the molecule is COc1ccc(CC(NC(=O)C(C)NC(=O)CN2CCOCC2)C(=O)NC(CC2CCC(OC(N)=O)CC2)C(=O)C2(C)CO2)cc1. The molecular weight excluding hydrogens is 598 g/mol. The summed E-state index contributed by atoms with van der Waals surface area (Å²) in [6, 6.07) is 4.32. The van der Waals surface area contributed by atoms with E-state index in [-0.39, 0.29) is 43.3 Å². The first-order valence-corrected chi connectivity index (χ1v) is 15.9. The lowest BCUT2D eigenvalue weighted by atomic mass is 9.81. The summed E-state index contributed by atoms with van der Waals surface area (Å²) in [6.07, 6.45) is 2.07. The fraction of sp³-hybridized carbons (Fsp3) is 0.656. The highest BCUT2D eigenvalue weighted by Gasteiger charge is 2.50. The van der Waals surface area contributed by atoms with Crippen molar-refractivity contribution in [1.29, 1.82) is 0 Å². The van der Waals surface area contributed by atoms with E-state index in [4.69, 9.17) is 24.7 Å². The average molecular weight is 646 g/mol. The van der Waals surface area contributed by atoms with E-state index < -0.39 is 41.6 Å². The van der Waals surface area contributed by atoms with Crippen molar-refractivity contribution in [1.82, 2.24) is 20.9 Å². The normalized spacial score (nSPS) is 24.8. The van der Waals surface area contributed by atoms with Crippen LogP contribution in [-0.4, -0.2) is 111 Å². The molecule has 46 heavy (non-hydrogen) atoms. The monoisotopic (exact) mass is 645 g/mol. The van der Waals surface area contributed by atoms with E-state index in [1.165, 1.54) is 0 Å². The molecule has 2 aliphatic heterocycles. The fourth-order valence-corrected chi connectivity index (χ4v) is 5.92. The van der Waals surface area contributed by atoms with Crippen LogP contribution in [0.1, 0.15) is 51.5 Å². The lowest BCUT2D eigenvalue weighted by Gasteiger charge is -2.31. The molecule has 1 aromatic rings. The number of epoxide rings is 1. The van der Waals surface area contributed by atoms with E-state index in [9.17, 15) is 24.0 Å². The number of hydrogen-bond donors (Lipinski definition) is 4. The minimum Gasteiger partial charge on any atom is -0.497 e. The number of morpholine rings is 1. The molecule has 3 aliphatic rings. The molecule has 4 amide bonds. The zero-order valence-electron chi connectivity index (χ0n) is 26.9. The Morgan fingerprint density at radius 2 is 1.61 bits per heavy atom. The number of nitrogens with two attached hydrogens (primary N) is 1. The highest BCUT2D eigenvalue weighted by molar-refractivity contribution is 5.98. The number of rotatable bonds is 15. The molecule has 0 spiro atoms. The van der Waals surface area contributed by atoms with Gasteiger partial charge in [0.15, 0.2) is 5.78 Å². The molecule has 1 saturated carbocycles.